The van der Waals surface area contributed by atoms with Crippen LogP contribution >= 0.6 is 0 Å². The third kappa shape index (κ3) is 1.42. The van der Waals surface area contributed by atoms with E-state index in [2.05, 4.69) is 9.97 Å². The maximum Gasteiger partial charge on any atom is 0.371 e. The van der Waals surface area contributed by atoms with Gasteiger partial charge in [0.05, 0.1) is 22.7 Å². The quantitative estimate of drug-likeness (QED) is 0.730. The minimum absolute atomic E-state index is 0.112. The maximum atomic E-state index is 10.7. The summed E-state index contributed by atoms with van der Waals surface area (Å²) in [7, 11) is 0. The highest BCUT2D eigenvalue weighted by atomic mass is 16.4. The summed E-state index contributed by atoms with van der Waals surface area (Å²) in [5, 5.41) is 17.5. The number of hydrogen-bond donors (Lipinski definition) is 2. The molecule has 0 spiro atoms. The summed E-state index contributed by atoms with van der Waals surface area (Å²) in [5.41, 5.74) is 2.43. The Morgan fingerprint density at radius 1 is 1.60 bits per heavy atom. The van der Waals surface area contributed by atoms with Crippen LogP contribution in [-0.2, 0) is 0 Å². The fourth-order valence-electron chi connectivity index (χ4n) is 1.39. The second kappa shape index (κ2) is 3.10. The molecule has 0 aliphatic rings. The first-order chi connectivity index (χ1) is 7.11. The van der Waals surface area contributed by atoms with Gasteiger partial charge in [-0.1, -0.05) is 0 Å². The van der Waals surface area contributed by atoms with E-state index in [9.17, 15) is 4.79 Å². The molecule has 0 saturated carbocycles. The number of aromatic carboxylic acids is 1. The summed E-state index contributed by atoms with van der Waals surface area (Å²) in [5.74, 6) is -1.22. The summed E-state index contributed by atoms with van der Waals surface area (Å²) >= 11 is 0. The molecule has 2 aromatic rings. The third-order valence-corrected chi connectivity index (χ3v) is 2.15. The molecule has 1 aromatic heterocycles. The zero-order valence-electron chi connectivity index (χ0n) is 7.90. The molecule has 2 N–H and O–H groups in total. The number of hydrogen-bond acceptors (Lipinski definition) is 3. The maximum absolute atomic E-state index is 10.7. The molecule has 5 heteroatoms. The van der Waals surface area contributed by atoms with Crippen molar-refractivity contribution in [2.24, 2.45) is 0 Å². The normalized spacial score (nSPS) is 10.1. The number of rotatable bonds is 1. The van der Waals surface area contributed by atoms with Crippen molar-refractivity contribution in [2.45, 2.75) is 6.92 Å². The number of nitriles is 1. The van der Waals surface area contributed by atoms with Crippen molar-refractivity contribution < 1.29 is 9.90 Å². The van der Waals surface area contributed by atoms with E-state index >= 15 is 0 Å². The number of imidazole rings is 1. The molecule has 0 fully saturated rings. The Morgan fingerprint density at radius 3 is 2.93 bits per heavy atom. The van der Waals surface area contributed by atoms with Gasteiger partial charge in [0.15, 0.2) is 0 Å². The zero-order valence-corrected chi connectivity index (χ0v) is 7.90. The van der Waals surface area contributed by atoms with Gasteiger partial charge in [0.1, 0.15) is 0 Å². The molecule has 15 heavy (non-hydrogen) atoms. The molecular weight excluding hydrogens is 194 g/mol. The van der Waals surface area contributed by atoms with E-state index in [1.165, 1.54) is 0 Å². The minimum Gasteiger partial charge on any atom is -0.475 e. The van der Waals surface area contributed by atoms with Crippen LogP contribution in [0, 0.1) is 18.3 Å². The molecule has 0 saturated heterocycles. The van der Waals surface area contributed by atoms with Gasteiger partial charge in [-0.25, -0.2) is 9.78 Å². The lowest BCUT2D eigenvalue weighted by molar-refractivity contribution is 0.0685. The van der Waals surface area contributed by atoms with Crippen LogP contribution in [0.25, 0.3) is 11.0 Å². The summed E-state index contributed by atoms with van der Waals surface area (Å²) in [4.78, 5) is 17.2. The number of carboxylic acids is 1. The van der Waals surface area contributed by atoms with Crippen LogP contribution < -0.4 is 0 Å². The Hall–Kier alpha value is -2.35. The molecule has 1 aromatic carbocycles. The molecule has 0 amide bonds. The van der Waals surface area contributed by atoms with E-state index in [0.717, 1.165) is 5.56 Å². The molecule has 0 aliphatic heterocycles. The van der Waals surface area contributed by atoms with E-state index in [1.54, 1.807) is 19.1 Å². The smallest absolute Gasteiger partial charge is 0.371 e. The number of carbonyl (C=O) groups is 1. The van der Waals surface area contributed by atoms with Crippen molar-refractivity contribution in [2.75, 3.05) is 0 Å². The standard InChI is InChI=1S/C10H7N3O2/c1-5-2-7-8(3-6(5)4-11)13-9(12-7)10(14)15/h2-3H,1H3,(H,12,13)(H,14,15). The van der Waals surface area contributed by atoms with Gasteiger partial charge in [-0.15, -0.1) is 0 Å². The fourth-order valence-corrected chi connectivity index (χ4v) is 1.39. The van der Waals surface area contributed by atoms with Gasteiger partial charge >= 0.3 is 5.97 Å². The lowest BCUT2D eigenvalue weighted by atomic mass is 10.1. The van der Waals surface area contributed by atoms with Crippen LogP contribution in [0.1, 0.15) is 21.7 Å². The Morgan fingerprint density at radius 2 is 2.33 bits per heavy atom. The monoisotopic (exact) mass is 201 g/mol. The minimum atomic E-state index is -1.11. The molecule has 0 bridgehead atoms. The van der Waals surface area contributed by atoms with Gasteiger partial charge in [-0.2, -0.15) is 5.26 Å². The molecule has 0 aliphatic carbocycles. The number of aryl methyl sites for hydroxylation is 1. The summed E-state index contributed by atoms with van der Waals surface area (Å²) in [6.45, 7) is 1.79. The van der Waals surface area contributed by atoms with Gasteiger partial charge < -0.3 is 10.1 Å². The lowest BCUT2D eigenvalue weighted by Crippen LogP contribution is -1.97. The third-order valence-electron chi connectivity index (χ3n) is 2.15. The summed E-state index contributed by atoms with van der Waals surface area (Å²) < 4.78 is 0. The molecular formula is C10H7N3O2. The summed E-state index contributed by atoms with van der Waals surface area (Å²) in [6, 6.07) is 5.32. The van der Waals surface area contributed by atoms with Gasteiger partial charge in [0.25, 0.3) is 0 Å². The predicted octanol–water partition coefficient (Wildman–Crippen LogP) is 1.44. The Labute approximate surface area is 85.0 Å². The van der Waals surface area contributed by atoms with Crippen molar-refractivity contribution in [3.8, 4) is 6.07 Å². The van der Waals surface area contributed by atoms with E-state index in [4.69, 9.17) is 10.4 Å². The molecule has 1 heterocycles. The average Bonchev–Trinajstić information content (AvgIpc) is 2.59. The predicted molar refractivity (Wildman–Crippen MR) is 52.5 cm³/mol. The number of carboxylic acid groups (broad SMARTS) is 1. The molecule has 5 nitrogen and oxygen atoms in total. The number of aromatic amines is 1. The van der Waals surface area contributed by atoms with Crippen LogP contribution in [0.4, 0.5) is 0 Å². The van der Waals surface area contributed by atoms with Gasteiger partial charge in [0, 0.05) is 0 Å². The first-order valence-corrected chi connectivity index (χ1v) is 4.25. The average molecular weight is 201 g/mol. The Kier molecular flexibility index (Phi) is 1.90. The largest absolute Gasteiger partial charge is 0.475 e. The SMILES string of the molecule is Cc1cc2[nH]c(C(=O)O)nc2cc1C#N. The fraction of sp³-hybridized carbons (Fsp3) is 0.100. The summed E-state index contributed by atoms with van der Waals surface area (Å²) in [6.07, 6.45) is 0. The van der Waals surface area contributed by atoms with Crippen LogP contribution in [0.15, 0.2) is 12.1 Å². The second-order valence-corrected chi connectivity index (χ2v) is 3.19. The van der Waals surface area contributed by atoms with E-state index in [0.29, 0.717) is 16.6 Å². The van der Waals surface area contributed by atoms with Crippen molar-refractivity contribution in [3.05, 3.63) is 29.1 Å². The number of aromatic nitrogens is 2. The lowest BCUT2D eigenvalue weighted by Gasteiger charge is -1.94. The highest BCUT2D eigenvalue weighted by molar-refractivity contribution is 5.89. The number of benzene rings is 1. The van der Waals surface area contributed by atoms with Gasteiger partial charge in [0.2, 0.25) is 5.82 Å². The van der Waals surface area contributed by atoms with Crippen molar-refractivity contribution in [3.63, 3.8) is 0 Å². The first-order valence-electron chi connectivity index (χ1n) is 4.25. The second-order valence-electron chi connectivity index (χ2n) is 3.19. The van der Waals surface area contributed by atoms with Crippen molar-refractivity contribution >= 4 is 17.0 Å². The van der Waals surface area contributed by atoms with Crippen LogP contribution in [-0.4, -0.2) is 21.0 Å². The van der Waals surface area contributed by atoms with Crippen LogP contribution in [0.2, 0.25) is 0 Å². The highest BCUT2D eigenvalue weighted by Gasteiger charge is 2.10. The molecule has 0 radical (unpaired) electrons. The van der Waals surface area contributed by atoms with Crippen LogP contribution in [0.3, 0.4) is 0 Å². The van der Waals surface area contributed by atoms with Gasteiger partial charge in [-0.3, -0.25) is 0 Å². The van der Waals surface area contributed by atoms with E-state index in [1.807, 2.05) is 6.07 Å². The van der Waals surface area contributed by atoms with Gasteiger partial charge in [-0.05, 0) is 24.6 Å². The number of H-pyrrole nitrogens is 1. The van der Waals surface area contributed by atoms with Crippen molar-refractivity contribution in [1.29, 1.82) is 5.26 Å². The molecule has 0 atom stereocenters. The van der Waals surface area contributed by atoms with E-state index in [-0.39, 0.29) is 5.82 Å². The molecule has 0 unspecified atom stereocenters. The highest BCUT2D eigenvalue weighted by Crippen LogP contribution is 2.17. The molecule has 2 rings (SSSR count). The van der Waals surface area contributed by atoms with Crippen LogP contribution in [0.5, 0.6) is 0 Å². The Bertz CT molecular complexity index is 592. The zero-order chi connectivity index (χ0) is 11.0. The van der Waals surface area contributed by atoms with E-state index < -0.39 is 5.97 Å². The topological polar surface area (TPSA) is 89.8 Å². The first kappa shape index (κ1) is 9.21. The number of fused-ring (bicyclic) bond motifs is 1. The molecule has 74 valence electrons. The number of nitrogens with one attached hydrogen (secondary N) is 1. The number of nitrogens with zero attached hydrogens (tertiary/aromatic N) is 2. The Balaban J connectivity index is 2.73. The van der Waals surface area contributed by atoms with Crippen molar-refractivity contribution in [1.82, 2.24) is 9.97 Å².